The van der Waals surface area contributed by atoms with Crippen LogP contribution in [0.4, 0.5) is 16.2 Å². The molecule has 2 amide bonds. The number of aliphatic hydroxyl groups is 1. The van der Waals surface area contributed by atoms with Crippen molar-refractivity contribution < 1.29 is 19.1 Å². The second-order valence-electron chi connectivity index (χ2n) is 12.4. The first-order valence-electron chi connectivity index (χ1n) is 14.7. The van der Waals surface area contributed by atoms with Crippen LogP contribution in [0.1, 0.15) is 82.6 Å². The molecule has 5 rings (SSSR count). The molecule has 1 aliphatic heterocycles. The third kappa shape index (κ3) is 6.53. The number of hydrogen-bond donors (Lipinski definition) is 3. The summed E-state index contributed by atoms with van der Waals surface area (Å²) < 4.78 is 15.9. The van der Waals surface area contributed by atoms with E-state index in [1.165, 1.54) is 18.2 Å². The molecule has 1 aromatic carbocycles. The fraction of sp³-hybridized carbons (Fsp3) is 0.548. The third-order valence-corrected chi connectivity index (χ3v) is 8.56. The highest BCUT2D eigenvalue weighted by Gasteiger charge is 2.33. The maximum absolute atomic E-state index is 13.8. The fourth-order valence-electron chi connectivity index (χ4n) is 6.24. The number of rotatable bonds is 7. The van der Waals surface area contributed by atoms with Crippen LogP contribution < -0.4 is 15.5 Å². The molecule has 9 nitrogen and oxygen atoms in total. The summed E-state index contributed by atoms with van der Waals surface area (Å²) in [4.78, 5) is 37.5. The van der Waals surface area contributed by atoms with Crippen molar-refractivity contribution in [1.82, 2.24) is 19.9 Å². The fourth-order valence-corrected chi connectivity index (χ4v) is 6.24. The standard InChI is InChI=1S/C31H41FN6O3/c1-19(2)34-28(39)20-8-10-24(11-9-20)38-26-17-27(37-14-12-22(13-15-37)31(3,4)41)33-18-25(26)35-30(38)36-29(40)21-6-5-7-23(32)16-21/h5-7,16-20,22,24,41H,8-15H2,1-4H3,(H,34,39)(H,35,36,40). The van der Waals surface area contributed by atoms with Gasteiger partial charge in [0.25, 0.3) is 5.91 Å². The molecular weight excluding hydrogens is 523 g/mol. The van der Waals surface area contributed by atoms with Crippen molar-refractivity contribution in [2.45, 2.75) is 83.9 Å². The Morgan fingerprint density at radius 1 is 1.07 bits per heavy atom. The van der Waals surface area contributed by atoms with Gasteiger partial charge in [0.2, 0.25) is 11.9 Å². The summed E-state index contributed by atoms with van der Waals surface area (Å²) in [5.41, 5.74) is 1.03. The zero-order valence-corrected chi connectivity index (χ0v) is 24.4. The van der Waals surface area contributed by atoms with Crippen LogP contribution in [0.5, 0.6) is 0 Å². The number of amides is 2. The van der Waals surface area contributed by atoms with Gasteiger partial charge in [-0.1, -0.05) is 6.07 Å². The van der Waals surface area contributed by atoms with Crippen molar-refractivity contribution in [3.63, 3.8) is 0 Å². The second-order valence-corrected chi connectivity index (χ2v) is 12.4. The number of carbonyl (C=O) groups is 2. The van der Waals surface area contributed by atoms with Gasteiger partial charge in [0.15, 0.2) is 0 Å². The Morgan fingerprint density at radius 3 is 2.41 bits per heavy atom. The Balaban J connectivity index is 1.44. The number of imidazole rings is 1. The SMILES string of the molecule is CC(C)NC(=O)C1CCC(n2c(NC(=O)c3cccc(F)c3)nc3cnc(N4CCC(C(C)(C)O)CC4)cc32)CC1. The molecule has 0 radical (unpaired) electrons. The van der Waals surface area contributed by atoms with E-state index < -0.39 is 17.3 Å². The quantitative estimate of drug-likeness (QED) is 0.370. The molecule has 2 aliphatic rings. The zero-order valence-electron chi connectivity index (χ0n) is 24.4. The topological polar surface area (TPSA) is 112 Å². The molecule has 1 aliphatic carbocycles. The van der Waals surface area contributed by atoms with Crippen LogP contribution in [0.25, 0.3) is 11.0 Å². The van der Waals surface area contributed by atoms with Crippen LogP contribution in [0.15, 0.2) is 36.5 Å². The molecule has 0 spiro atoms. The number of nitrogens with one attached hydrogen (secondary N) is 2. The summed E-state index contributed by atoms with van der Waals surface area (Å²) in [5.74, 6) is 0.600. The Kier molecular flexibility index (Phi) is 8.31. The number of aromatic nitrogens is 3. The smallest absolute Gasteiger partial charge is 0.258 e. The van der Waals surface area contributed by atoms with E-state index in [0.29, 0.717) is 11.5 Å². The monoisotopic (exact) mass is 564 g/mol. The van der Waals surface area contributed by atoms with E-state index >= 15 is 0 Å². The number of pyridine rings is 1. The zero-order chi connectivity index (χ0) is 29.3. The Morgan fingerprint density at radius 2 is 1.78 bits per heavy atom. The van der Waals surface area contributed by atoms with Crippen LogP contribution >= 0.6 is 0 Å². The number of halogens is 1. The largest absolute Gasteiger partial charge is 0.390 e. The highest BCUT2D eigenvalue weighted by Crippen LogP contribution is 2.38. The van der Waals surface area contributed by atoms with Crippen LogP contribution in [-0.2, 0) is 4.79 Å². The Labute approximate surface area is 240 Å². The average Bonchev–Trinajstić information content (AvgIpc) is 3.29. The maximum Gasteiger partial charge on any atom is 0.258 e. The van der Waals surface area contributed by atoms with Gasteiger partial charge in [0.1, 0.15) is 17.2 Å². The molecule has 0 unspecified atom stereocenters. The highest BCUT2D eigenvalue weighted by atomic mass is 19.1. The minimum atomic E-state index is -0.707. The Hall–Kier alpha value is -3.53. The molecule has 3 aromatic rings. The molecule has 3 heterocycles. The number of piperidine rings is 1. The summed E-state index contributed by atoms with van der Waals surface area (Å²) in [7, 11) is 0. The normalized spacial score (nSPS) is 20.4. The van der Waals surface area contributed by atoms with E-state index in [4.69, 9.17) is 9.97 Å². The predicted octanol–water partition coefficient (Wildman–Crippen LogP) is 5.07. The first-order chi connectivity index (χ1) is 19.5. The number of nitrogens with zero attached hydrogens (tertiary/aromatic N) is 4. The summed E-state index contributed by atoms with van der Waals surface area (Å²) in [6.07, 6.45) is 6.49. The van der Waals surface area contributed by atoms with Crippen molar-refractivity contribution in [2.24, 2.45) is 11.8 Å². The van der Waals surface area contributed by atoms with Crippen LogP contribution in [0, 0.1) is 17.7 Å². The molecule has 2 fully saturated rings. The maximum atomic E-state index is 13.8. The molecule has 0 atom stereocenters. The van der Waals surface area contributed by atoms with E-state index in [-0.39, 0.29) is 35.4 Å². The lowest BCUT2D eigenvalue weighted by molar-refractivity contribution is -0.126. The third-order valence-electron chi connectivity index (χ3n) is 8.56. The summed E-state index contributed by atoms with van der Waals surface area (Å²) in [5, 5.41) is 16.4. The van der Waals surface area contributed by atoms with Gasteiger partial charge >= 0.3 is 0 Å². The lowest BCUT2D eigenvalue weighted by Crippen LogP contribution is -2.42. The molecular formula is C31H41FN6O3. The molecule has 0 bridgehead atoms. The highest BCUT2D eigenvalue weighted by molar-refractivity contribution is 6.04. The molecule has 2 aromatic heterocycles. The minimum absolute atomic E-state index is 0.0297. The van der Waals surface area contributed by atoms with Gasteiger partial charge in [0.05, 0.1) is 17.3 Å². The number of hydrogen-bond acceptors (Lipinski definition) is 6. The first kappa shape index (κ1) is 29.0. The van der Waals surface area contributed by atoms with E-state index in [1.807, 2.05) is 33.8 Å². The lowest BCUT2D eigenvalue weighted by atomic mass is 9.83. The number of benzene rings is 1. The Bertz CT molecular complexity index is 1400. The van der Waals surface area contributed by atoms with E-state index in [0.717, 1.165) is 62.9 Å². The summed E-state index contributed by atoms with van der Waals surface area (Å²) in [6.45, 7) is 9.26. The van der Waals surface area contributed by atoms with Gasteiger partial charge in [-0.25, -0.2) is 14.4 Å². The van der Waals surface area contributed by atoms with Crippen LogP contribution in [0.3, 0.4) is 0 Å². The molecule has 220 valence electrons. The van der Waals surface area contributed by atoms with Crippen molar-refractivity contribution in [2.75, 3.05) is 23.3 Å². The van der Waals surface area contributed by atoms with Crippen LogP contribution in [-0.4, -0.2) is 56.2 Å². The van der Waals surface area contributed by atoms with Gasteiger partial charge in [-0.05, 0) is 90.3 Å². The minimum Gasteiger partial charge on any atom is -0.390 e. The van der Waals surface area contributed by atoms with Gasteiger partial charge in [-0.3, -0.25) is 14.9 Å². The predicted molar refractivity (Wildman–Crippen MR) is 157 cm³/mol. The van der Waals surface area contributed by atoms with Crippen LogP contribution in [0.2, 0.25) is 0 Å². The van der Waals surface area contributed by atoms with Crippen molar-refractivity contribution >= 4 is 34.6 Å². The molecule has 1 saturated heterocycles. The van der Waals surface area contributed by atoms with Gasteiger partial charge in [-0.2, -0.15) is 0 Å². The van der Waals surface area contributed by atoms with E-state index in [9.17, 15) is 19.1 Å². The molecule has 3 N–H and O–H groups in total. The van der Waals surface area contributed by atoms with Gasteiger partial charge in [-0.15, -0.1) is 0 Å². The molecule has 1 saturated carbocycles. The summed E-state index contributed by atoms with van der Waals surface area (Å²) >= 11 is 0. The van der Waals surface area contributed by atoms with E-state index in [1.54, 1.807) is 12.3 Å². The van der Waals surface area contributed by atoms with Gasteiger partial charge in [0, 0.05) is 42.7 Å². The average molecular weight is 565 g/mol. The van der Waals surface area contributed by atoms with Crippen molar-refractivity contribution in [3.05, 3.63) is 47.9 Å². The first-order valence-corrected chi connectivity index (χ1v) is 14.7. The number of fused-ring (bicyclic) bond motifs is 1. The number of carbonyl (C=O) groups excluding carboxylic acids is 2. The second kappa shape index (κ2) is 11.8. The molecule has 41 heavy (non-hydrogen) atoms. The molecule has 10 heteroatoms. The van der Waals surface area contributed by atoms with E-state index in [2.05, 4.69) is 20.1 Å². The summed E-state index contributed by atoms with van der Waals surface area (Å²) in [6, 6.07) is 7.75. The van der Waals surface area contributed by atoms with Gasteiger partial charge < -0.3 is 19.9 Å². The van der Waals surface area contributed by atoms with Crippen molar-refractivity contribution in [3.8, 4) is 0 Å². The van der Waals surface area contributed by atoms with Crippen molar-refractivity contribution in [1.29, 1.82) is 0 Å². The lowest BCUT2D eigenvalue weighted by Gasteiger charge is -2.38. The number of anilines is 2.